The number of rotatable bonds is 33. The van der Waals surface area contributed by atoms with Crippen LogP contribution >= 0.6 is 0 Å². The molecule has 0 aliphatic heterocycles. The molecule has 0 saturated carbocycles. The summed E-state index contributed by atoms with van der Waals surface area (Å²) in [5, 5.41) is 30.5. The first kappa shape index (κ1) is 50.3. The summed E-state index contributed by atoms with van der Waals surface area (Å²) in [5.74, 6) is 0. The van der Waals surface area contributed by atoms with Crippen molar-refractivity contribution < 1.29 is 15.3 Å². The van der Waals surface area contributed by atoms with Gasteiger partial charge in [0.15, 0.2) is 0 Å². The standard InChI is InChI=1S/3C13H27O.Al/c3*1-2-3-4-5-6-7-8-9-10-11-12-13-14;/h3*2-13H2,1H3;/q3*-1;+3. The monoisotopic (exact) mass is 625 g/mol. The predicted octanol–water partition coefficient (Wildman–Crippen LogP) is 10.6. The molecule has 0 aromatic heterocycles. The summed E-state index contributed by atoms with van der Waals surface area (Å²) in [6.07, 6.45) is 43.4. The van der Waals surface area contributed by atoms with Crippen LogP contribution in [0, 0.1) is 0 Å². The summed E-state index contributed by atoms with van der Waals surface area (Å²) in [4.78, 5) is 0. The van der Waals surface area contributed by atoms with Gasteiger partial charge in [0.2, 0.25) is 0 Å². The van der Waals surface area contributed by atoms with E-state index in [9.17, 15) is 15.3 Å². The SMILES string of the molecule is CCCCCCCCCCCCC[O-].CCCCCCCCCCCCC[O-].CCCCCCCCCCCCC[O-].[Al+3]. The molecule has 0 spiro atoms. The van der Waals surface area contributed by atoms with Crippen molar-refractivity contribution in [3.8, 4) is 0 Å². The number of hydrogen-bond acceptors (Lipinski definition) is 3. The van der Waals surface area contributed by atoms with Crippen molar-refractivity contribution in [3.05, 3.63) is 0 Å². The van der Waals surface area contributed by atoms with Gasteiger partial charge in [-0.25, -0.2) is 0 Å². The van der Waals surface area contributed by atoms with Gasteiger partial charge in [-0.05, 0) is 0 Å². The van der Waals surface area contributed by atoms with Gasteiger partial charge in [-0.1, -0.05) is 233 Å². The van der Waals surface area contributed by atoms with Crippen LogP contribution in [0.3, 0.4) is 0 Å². The Hall–Kier alpha value is 0.412. The minimum atomic E-state index is 0. The normalized spacial score (nSPS) is 10.5. The molecule has 0 fully saturated rings. The summed E-state index contributed by atoms with van der Waals surface area (Å²) in [6.45, 7) is 7.15. The van der Waals surface area contributed by atoms with E-state index in [2.05, 4.69) is 20.8 Å². The van der Waals surface area contributed by atoms with Crippen LogP contribution in [-0.4, -0.2) is 37.2 Å². The Balaban J connectivity index is -0.000000262. The Kier molecular flexibility index (Phi) is 64.1. The van der Waals surface area contributed by atoms with Crippen LogP contribution in [0.4, 0.5) is 0 Å². The summed E-state index contributed by atoms with van der Waals surface area (Å²) in [7, 11) is 0. The van der Waals surface area contributed by atoms with Crippen molar-refractivity contribution in [2.45, 2.75) is 233 Å². The van der Waals surface area contributed by atoms with E-state index in [0.29, 0.717) is 0 Å². The van der Waals surface area contributed by atoms with Gasteiger partial charge in [0.05, 0.1) is 0 Å². The second-order valence-electron chi connectivity index (χ2n) is 12.7. The van der Waals surface area contributed by atoms with E-state index in [-0.39, 0.29) is 37.2 Å². The molecular formula is C39H81AlO3. The average molecular weight is 625 g/mol. The molecule has 0 aliphatic rings. The molecule has 43 heavy (non-hydrogen) atoms. The van der Waals surface area contributed by atoms with E-state index in [1.807, 2.05) is 0 Å². The van der Waals surface area contributed by atoms with Gasteiger partial charge >= 0.3 is 17.4 Å². The van der Waals surface area contributed by atoms with Crippen molar-refractivity contribution in [1.82, 2.24) is 0 Å². The topological polar surface area (TPSA) is 69.2 Å². The van der Waals surface area contributed by atoms with Crippen LogP contribution in [0.2, 0.25) is 0 Å². The van der Waals surface area contributed by atoms with Crippen molar-refractivity contribution in [3.63, 3.8) is 0 Å². The Labute approximate surface area is 284 Å². The van der Waals surface area contributed by atoms with Crippen molar-refractivity contribution >= 4 is 17.4 Å². The van der Waals surface area contributed by atoms with Gasteiger partial charge < -0.3 is 15.3 Å². The van der Waals surface area contributed by atoms with Gasteiger partial charge in [-0.3, -0.25) is 0 Å². The number of unbranched alkanes of at least 4 members (excludes halogenated alkanes) is 30. The molecule has 0 aliphatic carbocycles. The molecule has 0 N–H and O–H groups in total. The fourth-order valence-corrected chi connectivity index (χ4v) is 5.30. The van der Waals surface area contributed by atoms with E-state index >= 15 is 0 Å². The van der Waals surface area contributed by atoms with E-state index in [1.165, 1.54) is 173 Å². The van der Waals surface area contributed by atoms with E-state index in [1.54, 1.807) is 0 Å². The molecule has 0 aromatic carbocycles. The van der Waals surface area contributed by atoms with Gasteiger partial charge in [0.1, 0.15) is 0 Å². The third kappa shape index (κ3) is 62.0. The maximum atomic E-state index is 10.2. The first-order valence-electron chi connectivity index (χ1n) is 19.5. The third-order valence-corrected chi connectivity index (χ3v) is 8.24. The van der Waals surface area contributed by atoms with Crippen LogP contribution < -0.4 is 15.3 Å². The molecule has 0 amide bonds. The molecule has 0 saturated heterocycles. The fraction of sp³-hybridized carbons (Fsp3) is 1.00. The van der Waals surface area contributed by atoms with Crippen molar-refractivity contribution in [2.75, 3.05) is 19.8 Å². The number of hydrogen-bond donors (Lipinski definition) is 0. The summed E-state index contributed by atoms with van der Waals surface area (Å²) >= 11 is 0. The molecule has 0 atom stereocenters. The maximum absolute atomic E-state index is 10.2. The molecule has 0 aromatic rings. The first-order chi connectivity index (χ1) is 20.7. The van der Waals surface area contributed by atoms with E-state index in [4.69, 9.17) is 0 Å². The summed E-state index contributed by atoms with van der Waals surface area (Å²) in [5.41, 5.74) is 0. The Morgan fingerprint density at radius 1 is 0.209 bits per heavy atom. The van der Waals surface area contributed by atoms with Gasteiger partial charge in [-0.2, -0.15) is 0 Å². The predicted molar refractivity (Wildman–Crippen MR) is 190 cm³/mol. The zero-order chi connectivity index (χ0) is 31.5. The first-order valence-corrected chi connectivity index (χ1v) is 19.5. The molecule has 0 heterocycles. The molecule has 3 nitrogen and oxygen atoms in total. The van der Waals surface area contributed by atoms with E-state index < -0.39 is 0 Å². The third-order valence-electron chi connectivity index (χ3n) is 8.24. The van der Waals surface area contributed by atoms with Crippen molar-refractivity contribution in [1.29, 1.82) is 0 Å². The Bertz CT molecular complexity index is 302. The van der Waals surface area contributed by atoms with Crippen LogP contribution in [0.1, 0.15) is 233 Å². The zero-order valence-electron chi connectivity index (χ0n) is 30.3. The van der Waals surface area contributed by atoms with Crippen LogP contribution in [0.25, 0.3) is 0 Å². The summed E-state index contributed by atoms with van der Waals surface area (Å²) in [6, 6.07) is 0. The molecule has 0 radical (unpaired) electrons. The van der Waals surface area contributed by atoms with Gasteiger partial charge in [0, 0.05) is 0 Å². The second kappa shape index (κ2) is 54.9. The maximum Gasteiger partial charge on any atom is 3.00 e. The molecule has 258 valence electrons. The zero-order valence-corrected chi connectivity index (χ0v) is 31.4. The second-order valence-corrected chi connectivity index (χ2v) is 12.7. The molecule has 0 rings (SSSR count). The van der Waals surface area contributed by atoms with Crippen molar-refractivity contribution in [2.24, 2.45) is 0 Å². The Morgan fingerprint density at radius 2 is 0.326 bits per heavy atom. The minimum Gasteiger partial charge on any atom is -0.854 e. The van der Waals surface area contributed by atoms with Gasteiger partial charge in [-0.15, -0.1) is 19.8 Å². The quantitative estimate of drug-likeness (QED) is 0.0539. The van der Waals surface area contributed by atoms with Crippen LogP contribution in [0.15, 0.2) is 0 Å². The van der Waals surface area contributed by atoms with Crippen LogP contribution in [-0.2, 0) is 0 Å². The molecule has 0 unspecified atom stereocenters. The summed E-state index contributed by atoms with van der Waals surface area (Å²) < 4.78 is 0. The smallest absolute Gasteiger partial charge is 0.854 e. The minimum absolute atomic E-state index is 0. The van der Waals surface area contributed by atoms with Crippen LogP contribution in [0.5, 0.6) is 0 Å². The molecule has 4 heteroatoms. The molecule has 0 bridgehead atoms. The molecular weight excluding hydrogens is 543 g/mol. The van der Waals surface area contributed by atoms with Gasteiger partial charge in [0.25, 0.3) is 0 Å². The van der Waals surface area contributed by atoms with E-state index in [0.717, 1.165) is 38.5 Å². The largest absolute Gasteiger partial charge is 3.00 e. The Morgan fingerprint density at radius 3 is 0.442 bits per heavy atom. The average Bonchev–Trinajstić information content (AvgIpc) is 3.01. The fourth-order valence-electron chi connectivity index (χ4n) is 5.30.